The van der Waals surface area contributed by atoms with Gasteiger partial charge in [0.1, 0.15) is 4.47 Å². The number of rotatable bonds is 2. The van der Waals surface area contributed by atoms with E-state index < -0.39 is 4.92 Å². The summed E-state index contributed by atoms with van der Waals surface area (Å²) in [6.45, 7) is 0. The minimum absolute atomic E-state index is 0.0860. The third-order valence-corrected chi connectivity index (χ3v) is 3.62. The fraction of sp³-hybridized carbons (Fsp3) is 0.300. The van der Waals surface area contributed by atoms with Crippen LogP contribution in [-0.2, 0) is 0 Å². The normalized spacial score (nSPS) is 15.6. The van der Waals surface area contributed by atoms with E-state index in [1.807, 2.05) is 4.68 Å². The summed E-state index contributed by atoms with van der Waals surface area (Å²) in [5, 5.41) is 15.9. The minimum Gasteiger partial charge on any atom is -0.262 e. The van der Waals surface area contributed by atoms with Crippen LogP contribution in [0.4, 0.5) is 5.69 Å². The molecule has 0 bridgehead atoms. The Labute approximate surface area is 99.3 Å². The van der Waals surface area contributed by atoms with Crippen molar-refractivity contribution < 1.29 is 4.92 Å². The molecule has 1 aliphatic carbocycles. The molecule has 0 radical (unpaired) electrons. The minimum atomic E-state index is -0.391. The van der Waals surface area contributed by atoms with Crippen LogP contribution in [0.3, 0.4) is 0 Å². The van der Waals surface area contributed by atoms with E-state index in [4.69, 9.17) is 0 Å². The topological polar surface area (TPSA) is 61.0 Å². The molecule has 5 nitrogen and oxygen atoms in total. The van der Waals surface area contributed by atoms with E-state index in [-0.39, 0.29) is 5.69 Å². The Bertz CT molecular complexity index is 589. The highest BCUT2D eigenvalue weighted by atomic mass is 79.9. The lowest BCUT2D eigenvalue weighted by atomic mass is 10.2. The third-order valence-electron chi connectivity index (χ3n) is 2.78. The maximum Gasteiger partial charge on any atom is 0.284 e. The van der Waals surface area contributed by atoms with Gasteiger partial charge in [-0.3, -0.25) is 14.8 Å². The standard InChI is InChI=1S/C10H8BrN3O2/c11-10-7-5-12-13(6-1-2-6)8(7)3-4-9(10)14(15)16/h3-6H,1-2H2. The van der Waals surface area contributed by atoms with E-state index in [0.29, 0.717) is 10.5 Å². The van der Waals surface area contributed by atoms with Gasteiger partial charge in [-0.05, 0) is 34.8 Å². The summed E-state index contributed by atoms with van der Waals surface area (Å²) in [6, 6.07) is 3.77. The Morgan fingerprint density at radius 1 is 1.50 bits per heavy atom. The first-order valence-corrected chi connectivity index (χ1v) is 5.78. The molecule has 1 fully saturated rings. The van der Waals surface area contributed by atoms with Crippen molar-refractivity contribution in [2.24, 2.45) is 0 Å². The van der Waals surface area contributed by atoms with E-state index in [2.05, 4.69) is 21.0 Å². The van der Waals surface area contributed by atoms with E-state index in [0.717, 1.165) is 23.7 Å². The molecule has 3 rings (SSSR count). The summed E-state index contributed by atoms with van der Waals surface area (Å²) in [4.78, 5) is 10.4. The van der Waals surface area contributed by atoms with Gasteiger partial charge in [-0.2, -0.15) is 5.10 Å². The second kappa shape index (κ2) is 3.28. The predicted molar refractivity (Wildman–Crippen MR) is 62.4 cm³/mol. The van der Waals surface area contributed by atoms with Crippen LogP contribution in [0.15, 0.2) is 22.8 Å². The maximum atomic E-state index is 10.8. The maximum absolute atomic E-state index is 10.8. The smallest absolute Gasteiger partial charge is 0.262 e. The Hall–Kier alpha value is -1.43. The van der Waals surface area contributed by atoms with Gasteiger partial charge in [-0.25, -0.2) is 0 Å². The summed E-state index contributed by atoms with van der Waals surface area (Å²) < 4.78 is 2.46. The Morgan fingerprint density at radius 3 is 2.88 bits per heavy atom. The fourth-order valence-corrected chi connectivity index (χ4v) is 2.41. The number of hydrogen-bond acceptors (Lipinski definition) is 3. The van der Waals surface area contributed by atoms with Crippen LogP contribution < -0.4 is 0 Å². The number of halogens is 1. The lowest BCUT2D eigenvalue weighted by Gasteiger charge is -2.01. The van der Waals surface area contributed by atoms with Gasteiger partial charge >= 0.3 is 0 Å². The first-order chi connectivity index (χ1) is 7.68. The summed E-state index contributed by atoms with van der Waals surface area (Å²) in [5.41, 5.74) is 1.04. The second-order valence-electron chi connectivity index (χ2n) is 3.91. The van der Waals surface area contributed by atoms with Crippen molar-refractivity contribution in [2.75, 3.05) is 0 Å². The van der Waals surface area contributed by atoms with Crippen molar-refractivity contribution in [1.29, 1.82) is 0 Å². The summed E-state index contributed by atoms with van der Waals surface area (Å²) >= 11 is 3.27. The van der Waals surface area contributed by atoms with Gasteiger partial charge in [0, 0.05) is 11.5 Å². The number of nitro benzene ring substituents is 1. The lowest BCUT2D eigenvalue weighted by molar-refractivity contribution is -0.385. The van der Waals surface area contributed by atoms with Crippen molar-refractivity contribution in [1.82, 2.24) is 9.78 Å². The van der Waals surface area contributed by atoms with Crippen LogP contribution in [-0.4, -0.2) is 14.7 Å². The third kappa shape index (κ3) is 1.33. The molecular formula is C10H8BrN3O2. The van der Waals surface area contributed by atoms with Crippen LogP contribution >= 0.6 is 15.9 Å². The average molecular weight is 282 g/mol. The van der Waals surface area contributed by atoms with E-state index in [1.165, 1.54) is 6.07 Å². The van der Waals surface area contributed by atoms with Gasteiger partial charge in [-0.15, -0.1) is 0 Å². The second-order valence-corrected chi connectivity index (χ2v) is 4.70. The van der Waals surface area contributed by atoms with Crippen molar-refractivity contribution >= 4 is 32.5 Å². The van der Waals surface area contributed by atoms with Crippen LogP contribution in [0.5, 0.6) is 0 Å². The first kappa shape index (κ1) is 9.77. The van der Waals surface area contributed by atoms with Gasteiger partial charge in [0.2, 0.25) is 0 Å². The van der Waals surface area contributed by atoms with Crippen molar-refractivity contribution in [3.05, 3.63) is 32.9 Å². The number of aromatic nitrogens is 2. The zero-order valence-corrected chi connectivity index (χ0v) is 9.85. The molecule has 1 saturated carbocycles. The number of nitro groups is 1. The van der Waals surface area contributed by atoms with Crippen LogP contribution in [0.2, 0.25) is 0 Å². The zero-order chi connectivity index (χ0) is 11.3. The quantitative estimate of drug-likeness (QED) is 0.628. The fourth-order valence-electron chi connectivity index (χ4n) is 1.83. The SMILES string of the molecule is O=[N+]([O-])c1ccc2c(cnn2C2CC2)c1Br. The molecule has 0 atom stereocenters. The van der Waals surface area contributed by atoms with Gasteiger partial charge < -0.3 is 0 Å². The number of nitrogens with zero attached hydrogens (tertiary/aromatic N) is 3. The first-order valence-electron chi connectivity index (χ1n) is 4.98. The largest absolute Gasteiger partial charge is 0.284 e. The summed E-state index contributed by atoms with van der Waals surface area (Å²) in [5.74, 6) is 0. The number of benzene rings is 1. The molecule has 0 saturated heterocycles. The van der Waals surface area contributed by atoms with Gasteiger partial charge in [-0.1, -0.05) is 0 Å². The molecule has 0 unspecified atom stereocenters. The van der Waals surface area contributed by atoms with Gasteiger partial charge in [0.15, 0.2) is 0 Å². The highest BCUT2D eigenvalue weighted by Crippen LogP contribution is 2.39. The Balaban J connectivity index is 2.25. The average Bonchev–Trinajstić information content (AvgIpc) is 2.99. The van der Waals surface area contributed by atoms with E-state index in [1.54, 1.807) is 12.3 Å². The number of hydrogen-bond donors (Lipinski definition) is 0. The molecule has 1 aromatic heterocycles. The van der Waals surface area contributed by atoms with Crippen LogP contribution in [0, 0.1) is 10.1 Å². The molecule has 2 aromatic rings. The van der Waals surface area contributed by atoms with E-state index >= 15 is 0 Å². The number of fused-ring (bicyclic) bond motifs is 1. The summed E-state index contributed by atoms with van der Waals surface area (Å²) in [6.07, 6.45) is 3.97. The molecule has 82 valence electrons. The predicted octanol–water partition coefficient (Wildman–Crippen LogP) is 3.04. The van der Waals surface area contributed by atoms with E-state index in [9.17, 15) is 10.1 Å². The Kier molecular flexibility index (Phi) is 2.00. The van der Waals surface area contributed by atoms with Crippen molar-refractivity contribution in [3.8, 4) is 0 Å². The molecule has 0 N–H and O–H groups in total. The molecule has 0 aliphatic heterocycles. The Morgan fingerprint density at radius 2 is 2.25 bits per heavy atom. The van der Waals surface area contributed by atoms with Crippen LogP contribution in [0.25, 0.3) is 10.9 Å². The highest BCUT2D eigenvalue weighted by molar-refractivity contribution is 9.10. The molecular weight excluding hydrogens is 274 g/mol. The molecule has 0 spiro atoms. The molecule has 6 heteroatoms. The van der Waals surface area contributed by atoms with Crippen LogP contribution in [0.1, 0.15) is 18.9 Å². The molecule has 0 amide bonds. The van der Waals surface area contributed by atoms with Crippen molar-refractivity contribution in [3.63, 3.8) is 0 Å². The monoisotopic (exact) mass is 281 g/mol. The van der Waals surface area contributed by atoms with Crippen molar-refractivity contribution in [2.45, 2.75) is 18.9 Å². The van der Waals surface area contributed by atoms with Gasteiger partial charge in [0.25, 0.3) is 5.69 Å². The lowest BCUT2D eigenvalue weighted by Crippen LogP contribution is -1.95. The molecule has 16 heavy (non-hydrogen) atoms. The molecule has 1 aliphatic rings. The molecule has 1 aromatic carbocycles. The zero-order valence-electron chi connectivity index (χ0n) is 8.26. The van der Waals surface area contributed by atoms with Gasteiger partial charge in [0.05, 0.1) is 22.7 Å². The molecule has 1 heterocycles. The highest BCUT2D eigenvalue weighted by Gasteiger charge is 2.27. The summed E-state index contributed by atoms with van der Waals surface area (Å²) in [7, 11) is 0.